The molecular formula is C18H17F3N4O. The van der Waals surface area contributed by atoms with E-state index in [0.717, 1.165) is 6.07 Å². The van der Waals surface area contributed by atoms with Crippen LogP contribution in [0.1, 0.15) is 32.9 Å². The second kappa shape index (κ2) is 6.44. The first-order chi connectivity index (χ1) is 12.2. The molecular weight excluding hydrogens is 345 g/mol. The second-order valence-corrected chi connectivity index (χ2v) is 6.06. The normalized spacial score (nSPS) is 11.8. The Morgan fingerprint density at radius 3 is 2.62 bits per heavy atom. The van der Waals surface area contributed by atoms with E-state index in [2.05, 4.69) is 15.4 Å². The van der Waals surface area contributed by atoms with E-state index in [0.29, 0.717) is 28.0 Å². The van der Waals surface area contributed by atoms with Crippen LogP contribution in [0, 0.1) is 13.8 Å². The van der Waals surface area contributed by atoms with Gasteiger partial charge in [-0.05, 0) is 31.5 Å². The van der Waals surface area contributed by atoms with Crippen LogP contribution in [0.3, 0.4) is 0 Å². The van der Waals surface area contributed by atoms with Crippen molar-refractivity contribution in [3.63, 3.8) is 0 Å². The van der Waals surface area contributed by atoms with Crippen molar-refractivity contribution in [1.82, 2.24) is 20.1 Å². The van der Waals surface area contributed by atoms with Gasteiger partial charge in [0.15, 0.2) is 5.65 Å². The number of pyridine rings is 1. The summed E-state index contributed by atoms with van der Waals surface area (Å²) in [5, 5.41) is 7.44. The Kier molecular flexibility index (Phi) is 4.43. The van der Waals surface area contributed by atoms with Crippen molar-refractivity contribution < 1.29 is 18.0 Å². The van der Waals surface area contributed by atoms with Crippen molar-refractivity contribution in [2.24, 2.45) is 7.05 Å². The number of alkyl halides is 3. The average Bonchev–Trinajstić information content (AvgIpc) is 2.85. The first-order valence-electron chi connectivity index (χ1n) is 7.92. The van der Waals surface area contributed by atoms with Crippen molar-refractivity contribution in [3.8, 4) is 0 Å². The molecule has 0 bridgehead atoms. The molecule has 0 unspecified atom stereocenters. The van der Waals surface area contributed by atoms with Gasteiger partial charge in [0.2, 0.25) is 0 Å². The monoisotopic (exact) mass is 362 g/mol. The molecule has 2 heterocycles. The fraction of sp³-hybridized carbons (Fsp3) is 0.278. The summed E-state index contributed by atoms with van der Waals surface area (Å²) < 4.78 is 40.8. The van der Waals surface area contributed by atoms with E-state index >= 15 is 0 Å². The standard InChI is InChI=1S/C18H17F3N4O/c1-10-8-13(15-11(2)24-25(3)16(15)23-10)17(26)22-9-12-6-4-5-7-14(12)18(19,20)21/h4-8H,9H2,1-3H3,(H,22,26). The molecule has 1 aromatic carbocycles. The Labute approximate surface area is 147 Å². The molecule has 0 aliphatic rings. The molecule has 2 aromatic heterocycles. The summed E-state index contributed by atoms with van der Waals surface area (Å²) in [6.07, 6.45) is -4.47. The molecule has 136 valence electrons. The van der Waals surface area contributed by atoms with Gasteiger partial charge in [0.05, 0.1) is 22.2 Å². The maximum absolute atomic E-state index is 13.1. The molecule has 8 heteroatoms. The quantitative estimate of drug-likeness (QED) is 0.775. The zero-order valence-corrected chi connectivity index (χ0v) is 14.5. The lowest BCUT2D eigenvalue weighted by Crippen LogP contribution is -2.25. The number of rotatable bonds is 3. The van der Waals surface area contributed by atoms with Crippen LogP contribution in [-0.4, -0.2) is 20.7 Å². The lowest BCUT2D eigenvalue weighted by molar-refractivity contribution is -0.138. The molecule has 0 radical (unpaired) electrons. The maximum atomic E-state index is 13.1. The Bertz CT molecular complexity index is 992. The van der Waals surface area contributed by atoms with E-state index in [1.54, 1.807) is 31.6 Å². The molecule has 3 rings (SSSR count). The number of aromatic nitrogens is 3. The predicted molar refractivity (Wildman–Crippen MR) is 90.6 cm³/mol. The van der Waals surface area contributed by atoms with Crippen LogP contribution in [0.25, 0.3) is 11.0 Å². The van der Waals surface area contributed by atoms with Crippen molar-refractivity contribution in [3.05, 3.63) is 58.4 Å². The molecule has 0 fully saturated rings. The lowest BCUT2D eigenvalue weighted by atomic mass is 10.1. The van der Waals surface area contributed by atoms with Gasteiger partial charge >= 0.3 is 6.18 Å². The highest BCUT2D eigenvalue weighted by atomic mass is 19.4. The van der Waals surface area contributed by atoms with Crippen LogP contribution < -0.4 is 5.32 Å². The topological polar surface area (TPSA) is 59.8 Å². The number of amides is 1. The Hall–Kier alpha value is -2.90. The number of carbonyl (C=O) groups excluding carboxylic acids is 1. The van der Waals surface area contributed by atoms with Gasteiger partial charge in [0.25, 0.3) is 5.91 Å². The van der Waals surface area contributed by atoms with Crippen molar-refractivity contribution in [2.45, 2.75) is 26.6 Å². The predicted octanol–water partition coefficient (Wildman–Crippen LogP) is 3.53. The zero-order chi connectivity index (χ0) is 19.1. The van der Waals surface area contributed by atoms with Crippen LogP contribution in [0.5, 0.6) is 0 Å². The number of nitrogens with one attached hydrogen (secondary N) is 1. The van der Waals surface area contributed by atoms with Crippen LogP contribution >= 0.6 is 0 Å². The summed E-state index contributed by atoms with van der Waals surface area (Å²) in [7, 11) is 1.73. The third-order valence-electron chi connectivity index (χ3n) is 4.10. The number of nitrogens with zero attached hydrogens (tertiary/aromatic N) is 3. The largest absolute Gasteiger partial charge is 0.416 e. The molecule has 3 aromatic rings. The number of hydrogen-bond acceptors (Lipinski definition) is 3. The minimum Gasteiger partial charge on any atom is -0.348 e. The lowest BCUT2D eigenvalue weighted by Gasteiger charge is -2.13. The van der Waals surface area contributed by atoms with E-state index < -0.39 is 17.6 Å². The molecule has 1 amide bonds. The highest BCUT2D eigenvalue weighted by Gasteiger charge is 2.32. The van der Waals surface area contributed by atoms with Gasteiger partial charge in [0, 0.05) is 19.3 Å². The fourth-order valence-corrected chi connectivity index (χ4v) is 2.97. The SMILES string of the molecule is Cc1cc(C(=O)NCc2ccccc2C(F)(F)F)c2c(C)nn(C)c2n1. The van der Waals surface area contributed by atoms with Crippen LogP contribution in [0.15, 0.2) is 30.3 Å². The highest BCUT2D eigenvalue weighted by molar-refractivity contribution is 6.06. The van der Waals surface area contributed by atoms with Gasteiger partial charge in [-0.25, -0.2) is 4.98 Å². The molecule has 5 nitrogen and oxygen atoms in total. The second-order valence-electron chi connectivity index (χ2n) is 6.06. The molecule has 0 aliphatic heterocycles. The number of halogens is 3. The average molecular weight is 362 g/mol. The Morgan fingerprint density at radius 2 is 1.92 bits per heavy atom. The van der Waals surface area contributed by atoms with Gasteiger partial charge in [-0.2, -0.15) is 18.3 Å². The van der Waals surface area contributed by atoms with Gasteiger partial charge in [-0.3, -0.25) is 9.48 Å². The Morgan fingerprint density at radius 1 is 1.23 bits per heavy atom. The Balaban J connectivity index is 1.92. The van der Waals surface area contributed by atoms with Crippen molar-refractivity contribution >= 4 is 16.9 Å². The number of fused-ring (bicyclic) bond motifs is 1. The van der Waals surface area contributed by atoms with Gasteiger partial charge in [-0.1, -0.05) is 18.2 Å². The van der Waals surface area contributed by atoms with E-state index in [4.69, 9.17) is 0 Å². The smallest absolute Gasteiger partial charge is 0.348 e. The third kappa shape index (κ3) is 3.26. The molecule has 0 saturated heterocycles. The summed E-state index contributed by atoms with van der Waals surface area (Å²) >= 11 is 0. The maximum Gasteiger partial charge on any atom is 0.416 e. The number of hydrogen-bond donors (Lipinski definition) is 1. The first kappa shape index (κ1) is 17.9. The van der Waals surface area contributed by atoms with Gasteiger partial charge in [-0.15, -0.1) is 0 Å². The van der Waals surface area contributed by atoms with Crippen molar-refractivity contribution in [1.29, 1.82) is 0 Å². The summed E-state index contributed by atoms with van der Waals surface area (Å²) in [5.74, 6) is -0.464. The van der Waals surface area contributed by atoms with E-state index in [-0.39, 0.29) is 12.1 Å². The molecule has 0 atom stereocenters. The minimum absolute atomic E-state index is 0.0123. The van der Waals surface area contributed by atoms with Gasteiger partial charge in [0.1, 0.15) is 0 Å². The summed E-state index contributed by atoms with van der Waals surface area (Å²) in [4.78, 5) is 17.0. The van der Waals surface area contributed by atoms with Crippen LogP contribution in [0.4, 0.5) is 13.2 Å². The summed E-state index contributed by atoms with van der Waals surface area (Å²) in [6, 6.07) is 6.80. The highest BCUT2D eigenvalue weighted by Crippen LogP contribution is 2.31. The summed E-state index contributed by atoms with van der Waals surface area (Å²) in [6.45, 7) is 3.28. The molecule has 0 spiro atoms. The first-order valence-corrected chi connectivity index (χ1v) is 7.92. The van der Waals surface area contributed by atoms with E-state index in [1.807, 2.05) is 0 Å². The third-order valence-corrected chi connectivity index (χ3v) is 4.10. The zero-order valence-electron chi connectivity index (χ0n) is 14.5. The molecule has 1 N–H and O–H groups in total. The number of aryl methyl sites for hydroxylation is 3. The van der Waals surface area contributed by atoms with Crippen LogP contribution in [0.2, 0.25) is 0 Å². The molecule has 0 saturated carbocycles. The molecule has 0 aliphatic carbocycles. The number of carbonyl (C=O) groups is 1. The summed E-state index contributed by atoms with van der Waals surface area (Å²) in [5.41, 5.74) is 1.43. The van der Waals surface area contributed by atoms with Crippen molar-refractivity contribution in [2.75, 3.05) is 0 Å². The fourth-order valence-electron chi connectivity index (χ4n) is 2.97. The number of benzene rings is 1. The van der Waals surface area contributed by atoms with E-state index in [9.17, 15) is 18.0 Å². The van der Waals surface area contributed by atoms with Crippen LogP contribution in [-0.2, 0) is 19.8 Å². The van der Waals surface area contributed by atoms with Gasteiger partial charge < -0.3 is 5.32 Å². The minimum atomic E-state index is -4.47. The molecule has 26 heavy (non-hydrogen) atoms. The van der Waals surface area contributed by atoms with E-state index in [1.165, 1.54) is 18.2 Å².